The van der Waals surface area contributed by atoms with Crippen LogP contribution in [0.25, 0.3) is 0 Å². The molecule has 0 saturated carbocycles. The Morgan fingerprint density at radius 1 is 1.40 bits per heavy atom. The minimum atomic E-state index is 0.000877. The molecule has 1 fully saturated rings. The third-order valence-electron chi connectivity index (χ3n) is 2.53. The molecule has 0 unspecified atom stereocenters. The Bertz CT molecular complexity index is 381. The molecule has 0 aromatic carbocycles. The Kier molecular flexibility index (Phi) is 2.53. The second-order valence-electron chi connectivity index (χ2n) is 3.77. The topological polar surface area (TPSA) is 78.9 Å². The van der Waals surface area contributed by atoms with Crippen molar-refractivity contribution in [3.8, 4) is 0 Å². The number of nitrogens with one attached hydrogen (secondary N) is 1. The van der Waals surface area contributed by atoms with Gasteiger partial charge >= 0.3 is 0 Å². The fraction of sp³-hybridized carbons (Fsp3) is 0.500. The van der Waals surface area contributed by atoms with Crippen LogP contribution in [0, 0.1) is 12.3 Å². The first-order chi connectivity index (χ1) is 7.16. The summed E-state index contributed by atoms with van der Waals surface area (Å²) in [7, 11) is 0. The summed E-state index contributed by atoms with van der Waals surface area (Å²) in [4.78, 5) is 10.7. The van der Waals surface area contributed by atoms with E-state index in [1.54, 1.807) is 6.07 Å². The molecule has 1 aliphatic rings. The zero-order valence-electron chi connectivity index (χ0n) is 8.82. The molecule has 3 N–H and O–H groups in total. The number of rotatable bonds is 2. The van der Waals surface area contributed by atoms with E-state index >= 15 is 0 Å². The van der Waals surface area contributed by atoms with E-state index in [4.69, 9.17) is 11.1 Å². The number of hydrogen-bond donors (Lipinski definition) is 2. The summed E-state index contributed by atoms with van der Waals surface area (Å²) >= 11 is 0. The highest BCUT2D eigenvalue weighted by Gasteiger charge is 2.15. The van der Waals surface area contributed by atoms with Gasteiger partial charge in [0.15, 0.2) is 0 Å². The van der Waals surface area contributed by atoms with Crippen LogP contribution in [0.4, 0.5) is 5.82 Å². The largest absolute Gasteiger partial charge is 0.382 e. The molecule has 0 aliphatic carbocycles. The summed E-state index contributed by atoms with van der Waals surface area (Å²) in [5.74, 6) is 1.57. The van der Waals surface area contributed by atoms with E-state index in [1.807, 2.05) is 6.92 Å². The fourth-order valence-electron chi connectivity index (χ4n) is 1.80. The lowest BCUT2D eigenvalue weighted by Gasteiger charge is -2.17. The van der Waals surface area contributed by atoms with Crippen molar-refractivity contribution in [2.24, 2.45) is 5.73 Å². The maximum Gasteiger partial charge on any atom is 0.142 e. The molecule has 15 heavy (non-hydrogen) atoms. The van der Waals surface area contributed by atoms with Gasteiger partial charge in [0.05, 0.1) is 0 Å². The molecule has 5 nitrogen and oxygen atoms in total. The minimum absolute atomic E-state index is 0.000877. The van der Waals surface area contributed by atoms with Gasteiger partial charge in [0.25, 0.3) is 0 Å². The van der Waals surface area contributed by atoms with Gasteiger partial charge in [-0.1, -0.05) is 0 Å². The first-order valence-corrected chi connectivity index (χ1v) is 5.12. The van der Waals surface area contributed by atoms with Crippen LogP contribution in [0.3, 0.4) is 0 Å². The van der Waals surface area contributed by atoms with Gasteiger partial charge in [-0.2, -0.15) is 0 Å². The zero-order chi connectivity index (χ0) is 10.8. The molecule has 1 aromatic heterocycles. The zero-order valence-corrected chi connectivity index (χ0v) is 8.82. The molecule has 2 rings (SSSR count). The van der Waals surface area contributed by atoms with Gasteiger partial charge in [-0.25, -0.2) is 9.97 Å². The van der Waals surface area contributed by atoms with E-state index in [-0.39, 0.29) is 5.84 Å². The van der Waals surface area contributed by atoms with Crippen LogP contribution >= 0.6 is 0 Å². The average Bonchev–Trinajstić information content (AvgIpc) is 2.69. The molecule has 0 atom stereocenters. The van der Waals surface area contributed by atoms with Crippen LogP contribution in [0.2, 0.25) is 0 Å². The van der Waals surface area contributed by atoms with Crippen molar-refractivity contribution in [1.82, 2.24) is 9.97 Å². The summed E-state index contributed by atoms with van der Waals surface area (Å²) in [6.45, 7) is 3.90. The standard InChI is InChI=1S/C10H15N5/c1-7-13-8(10(11)12)6-9(14-7)15-4-2-3-5-15/h6H,2-5H2,1H3,(H3,11,12). The van der Waals surface area contributed by atoms with Gasteiger partial charge in [-0.3, -0.25) is 5.41 Å². The van der Waals surface area contributed by atoms with Crippen molar-refractivity contribution in [2.75, 3.05) is 18.0 Å². The first-order valence-electron chi connectivity index (χ1n) is 5.12. The van der Waals surface area contributed by atoms with Crippen LogP contribution in [0.15, 0.2) is 6.07 Å². The Morgan fingerprint density at radius 2 is 2.07 bits per heavy atom. The smallest absolute Gasteiger partial charge is 0.142 e. The second kappa shape index (κ2) is 3.84. The molecule has 0 spiro atoms. The van der Waals surface area contributed by atoms with Crippen molar-refractivity contribution in [1.29, 1.82) is 5.41 Å². The number of aromatic nitrogens is 2. The summed E-state index contributed by atoms with van der Waals surface area (Å²) in [6, 6.07) is 1.79. The Morgan fingerprint density at radius 3 is 2.67 bits per heavy atom. The van der Waals surface area contributed by atoms with Crippen molar-refractivity contribution < 1.29 is 0 Å². The molecule has 1 aromatic rings. The minimum Gasteiger partial charge on any atom is -0.382 e. The molecule has 0 radical (unpaired) electrons. The van der Waals surface area contributed by atoms with Crippen LogP contribution in [0.5, 0.6) is 0 Å². The van der Waals surface area contributed by atoms with Crippen molar-refractivity contribution in [3.05, 3.63) is 17.6 Å². The van der Waals surface area contributed by atoms with Crippen LogP contribution in [-0.4, -0.2) is 28.9 Å². The van der Waals surface area contributed by atoms with Gasteiger partial charge in [0.1, 0.15) is 23.2 Å². The SMILES string of the molecule is Cc1nc(C(=N)N)cc(N2CCCC2)n1. The number of nitrogen functional groups attached to an aromatic ring is 1. The van der Waals surface area contributed by atoms with E-state index in [9.17, 15) is 0 Å². The van der Waals surface area contributed by atoms with E-state index in [1.165, 1.54) is 12.8 Å². The van der Waals surface area contributed by atoms with Crippen molar-refractivity contribution >= 4 is 11.7 Å². The quantitative estimate of drug-likeness (QED) is 0.549. The van der Waals surface area contributed by atoms with E-state index in [0.717, 1.165) is 18.9 Å². The van der Waals surface area contributed by atoms with Crippen LogP contribution in [0.1, 0.15) is 24.4 Å². The molecule has 0 amide bonds. The summed E-state index contributed by atoms with van der Waals surface area (Å²) in [5, 5.41) is 7.37. The van der Waals surface area contributed by atoms with Crippen LogP contribution < -0.4 is 10.6 Å². The van der Waals surface area contributed by atoms with Gasteiger partial charge in [-0.05, 0) is 19.8 Å². The molecule has 2 heterocycles. The lowest BCUT2D eigenvalue weighted by atomic mass is 10.3. The van der Waals surface area contributed by atoms with E-state index in [0.29, 0.717) is 11.5 Å². The maximum absolute atomic E-state index is 7.37. The second-order valence-corrected chi connectivity index (χ2v) is 3.77. The normalized spacial score (nSPS) is 15.7. The number of nitrogens with two attached hydrogens (primary N) is 1. The van der Waals surface area contributed by atoms with E-state index < -0.39 is 0 Å². The van der Waals surface area contributed by atoms with Crippen molar-refractivity contribution in [2.45, 2.75) is 19.8 Å². The van der Waals surface area contributed by atoms with Gasteiger partial charge in [0.2, 0.25) is 0 Å². The predicted octanol–water partition coefficient (Wildman–Crippen LogP) is 0.669. The molecule has 80 valence electrons. The number of amidine groups is 1. The molecule has 1 saturated heterocycles. The average molecular weight is 205 g/mol. The molecular weight excluding hydrogens is 190 g/mol. The lowest BCUT2D eigenvalue weighted by molar-refractivity contribution is 0.906. The third kappa shape index (κ3) is 2.06. The molecule has 5 heteroatoms. The van der Waals surface area contributed by atoms with E-state index in [2.05, 4.69) is 14.9 Å². The highest BCUT2D eigenvalue weighted by Crippen LogP contribution is 2.18. The summed E-state index contributed by atoms with van der Waals surface area (Å²) < 4.78 is 0. The predicted molar refractivity (Wildman–Crippen MR) is 59.2 cm³/mol. The lowest BCUT2D eigenvalue weighted by Crippen LogP contribution is -2.22. The van der Waals surface area contributed by atoms with Gasteiger partial charge < -0.3 is 10.6 Å². The van der Waals surface area contributed by atoms with Crippen molar-refractivity contribution in [3.63, 3.8) is 0 Å². The molecule has 0 bridgehead atoms. The maximum atomic E-state index is 7.37. The van der Waals surface area contributed by atoms with Crippen LogP contribution in [-0.2, 0) is 0 Å². The number of hydrogen-bond acceptors (Lipinski definition) is 4. The number of anilines is 1. The highest BCUT2D eigenvalue weighted by molar-refractivity contribution is 5.93. The Hall–Kier alpha value is -1.65. The van der Waals surface area contributed by atoms with Gasteiger partial charge in [-0.15, -0.1) is 0 Å². The summed E-state index contributed by atoms with van der Waals surface area (Å²) in [6.07, 6.45) is 2.41. The summed E-state index contributed by atoms with van der Waals surface area (Å²) in [5.41, 5.74) is 5.94. The fourth-order valence-corrected chi connectivity index (χ4v) is 1.80. The Balaban J connectivity index is 2.34. The van der Waals surface area contributed by atoms with Gasteiger partial charge in [0, 0.05) is 19.2 Å². The highest BCUT2D eigenvalue weighted by atomic mass is 15.2. The monoisotopic (exact) mass is 205 g/mol. The Labute approximate surface area is 88.8 Å². The molecule has 1 aliphatic heterocycles. The first kappa shape index (κ1) is 9.89. The third-order valence-corrected chi connectivity index (χ3v) is 2.53. The number of nitrogens with zero attached hydrogens (tertiary/aromatic N) is 3. The molecular formula is C10H15N5. The number of aryl methyl sites for hydroxylation is 1.